The summed E-state index contributed by atoms with van der Waals surface area (Å²) in [6.45, 7) is 0. The van der Waals surface area contributed by atoms with Gasteiger partial charge in [-0.2, -0.15) is 0 Å². The van der Waals surface area contributed by atoms with Crippen molar-refractivity contribution in [3.63, 3.8) is 0 Å². The Hall–Kier alpha value is -1.28. The van der Waals surface area contributed by atoms with Crippen molar-refractivity contribution in [2.75, 3.05) is 7.11 Å². The van der Waals surface area contributed by atoms with E-state index >= 15 is 0 Å². The Labute approximate surface area is 111 Å². The van der Waals surface area contributed by atoms with E-state index in [2.05, 4.69) is 46.3 Å². The van der Waals surface area contributed by atoms with Gasteiger partial charge in [-0.05, 0) is 42.2 Å². The van der Waals surface area contributed by atoms with Crippen molar-refractivity contribution in [3.8, 4) is 5.75 Å². The molecule has 0 aliphatic heterocycles. The summed E-state index contributed by atoms with van der Waals surface area (Å²) >= 11 is 3.57. The fraction of sp³-hybridized carbons (Fsp3) is 0.200. The van der Waals surface area contributed by atoms with Crippen LogP contribution in [0.25, 0.3) is 0 Å². The molecule has 2 rings (SSSR count). The van der Waals surface area contributed by atoms with E-state index in [1.165, 1.54) is 15.6 Å². The summed E-state index contributed by atoms with van der Waals surface area (Å²) in [7, 11) is 1.69. The predicted molar refractivity (Wildman–Crippen MR) is 74.5 cm³/mol. The van der Waals surface area contributed by atoms with Gasteiger partial charge in [0.1, 0.15) is 5.75 Å². The molecule has 0 aliphatic rings. The first-order chi connectivity index (χ1) is 8.29. The van der Waals surface area contributed by atoms with Crippen molar-refractivity contribution in [2.24, 2.45) is 0 Å². The van der Waals surface area contributed by atoms with Crippen LogP contribution in [0.5, 0.6) is 5.75 Å². The lowest BCUT2D eigenvalue weighted by atomic mass is 10.0. The van der Waals surface area contributed by atoms with Gasteiger partial charge < -0.3 is 4.74 Å². The van der Waals surface area contributed by atoms with Crippen LogP contribution in [0.4, 0.5) is 0 Å². The molecule has 0 radical (unpaired) electrons. The van der Waals surface area contributed by atoms with Gasteiger partial charge in [-0.15, -0.1) is 0 Å². The highest BCUT2D eigenvalue weighted by Gasteiger charge is 2.00. The number of aryl methyl sites for hydroxylation is 2. The van der Waals surface area contributed by atoms with Crippen molar-refractivity contribution >= 4 is 15.9 Å². The molecule has 0 amide bonds. The molecule has 0 spiro atoms. The quantitative estimate of drug-likeness (QED) is 0.818. The Kier molecular flexibility index (Phi) is 4.21. The number of ether oxygens (including phenoxy) is 1. The van der Waals surface area contributed by atoms with Crippen molar-refractivity contribution in [2.45, 2.75) is 12.8 Å². The molecule has 2 aromatic rings. The van der Waals surface area contributed by atoms with E-state index in [4.69, 9.17) is 4.74 Å². The number of benzene rings is 2. The van der Waals surface area contributed by atoms with Gasteiger partial charge in [0, 0.05) is 4.47 Å². The number of rotatable bonds is 4. The van der Waals surface area contributed by atoms with Crippen molar-refractivity contribution in [3.05, 3.63) is 64.1 Å². The van der Waals surface area contributed by atoms with Crippen LogP contribution in [-0.4, -0.2) is 7.11 Å². The van der Waals surface area contributed by atoms with Gasteiger partial charge in [0.2, 0.25) is 0 Å². The van der Waals surface area contributed by atoms with E-state index in [-0.39, 0.29) is 0 Å². The molecule has 17 heavy (non-hydrogen) atoms. The maximum Gasteiger partial charge on any atom is 0.118 e. The number of halogens is 1. The third-order valence-electron chi connectivity index (χ3n) is 2.80. The minimum atomic E-state index is 0.912. The van der Waals surface area contributed by atoms with E-state index in [1.807, 2.05) is 18.2 Å². The molecule has 0 fully saturated rings. The summed E-state index contributed by atoms with van der Waals surface area (Å²) in [5, 5.41) is 0. The fourth-order valence-electron chi connectivity index (χ4n) is 1.77. The van der Waals surface area contributed by atoms with Gasteiger partial charge in [-0.25, -0.2) is 0 Å². The molecule has 0 aliphatic carbocycles. The molecule has 0 bridgehead atoms. The number of hydrogen-bond acceptors (Lipinski definition) is 1. The maximum atomic E-state index is 5.14. The van der Waals surface area contributed by atoms with Crippen LogP contribution in [0.3, 0.4) is 0 Å². The monoisotopic (exact) mass is 290 g/mol. The normalized spacial score (nSPS) is 10.2. The molecule has 1 nitrogen and oxygen atoms in total. The second kappa shape index (κ2) is 5.87. The molecule has 0 atom stereocenters. The topological polar surface area (TPSA) is 9.23 Å². The van der Waals surface area contributed by atoms with Crippen molar-refractivity contribution in [1.82, 2.24) is 0 Å². The highest BCUT2D eigenvalue weighted by atomic mass is 79.9. The maximum absolute atomic E-state index is 5.14. The number of hydrogen-bond donors (Lipinski definition) is 0. The van der Waals surface area contributed by atoms with Crippen LogP contribution in [0.1, 0.15) is 11.1 Å². The Morgan fingerprint density at radius 3 is 2.29 bits per heavy atom. The van der Waals surface area contributed by atoms with Crippen LogP contribution in [0.15, 0.2) is 53.0 Å². The SMILES string of the molecule is COc1ccc(CCc2ccccc2Br)cc1. The molecule has 0 aromatic heterocycles. The van der Waals surface area contributed by atoms with Crippen LogP contribution < -0.4 is 4.74 Å². The van der Waals surface area contributed by atoms with Gasteiger partial charge in [0.15, 0.2) is 0 Å². The summed E-state index contributed by atoms with van der Waals surface area (Å²) in [5.74, 6) is 0.912. The van der Waals surface area contributed by atoms with Crippen LogP contribution in [-0.2, 0) is 12.8 Å². The Morgan fingerprint density at radius 1 is 0.941 bits per heavy atom. The van der Waals surface area contributed by atoms with Gasteiger partial charge in [-0.1, -0.05) is 46.3 Å². The smallest absolute Gasteiger partial charge is 0.118 e. The minimum Gasteiger partial charge on any atom is -0.497 e. The zero-order chi connectivity index (χ0) is 12.1. The zero-order valence-electron chi connectivity index (χ0n) is 9.82. The number of methoxy groups -OCH3 is 1. The molecular weight excluding hydrogens is 276 g/mol. The van der Waals surface area contributed by atoms with Crippen molar-refractivity contribution < 1.29 is 4.74 Å². The standard InChI is InChI=1S/C15H15BrO/c1-17-14-10-7-12(8-11-14)6-9-13-4-2-3-5-15(13)16/h2-5,7-8,10-11H,6,9H2,1H3. The second-order valence-corrected chi connectivity index (χ2v) is 4.79. The van der Waals surface area contributed by atoms with Gasteiger partial charge in [0.05, 0.1) is 7.11 Å². The predicted octanol–water partition coefficient (Wildman–Crippen LogP) is 4.24. The summed E-state index contributed by atoms with van der Waals surface area (Å²) < 4.78 is 6.33. The molecule has 0 heterocycles. The molecule has 2 heteroatoms. The molecule has 0 saturated heterocycles. The summed E-state index contributed by atoms with van der Waals surface area (Å²) in [4.78, 5) is 0. The van der Waals surface area contributed by atoms with Crippen LogP contribution in [0, 0.1) is 0 Å². The van der Waals surface area contributed by atoms with Gasteiger partial charge in [0.25, 0.3) is 0 Å². The fourth-order valence-corrected chi connectivity index (χ4v) is 2.26. The first kappa shape index (κ1) is 12.2. The van der Waals surface area contributed by atoms with Crippen LogP contribution >= 0.6 is 15.9 Å². The first-order valence-corrected chi connectivity index (χ1v) is 6.45. The Balaban J connectivity index is 2.00. The summed E-state index contributed by atoms with van der Waals surface area (Å²) in [6.07, 6.45) is 2.10. The molecule has 0 unspecified atom stereocenters. The lowest BCUT2D eigenvalue weighted by molar-refractivity contribution is 0.414. The highest BCUT2D eigenvalue weighted by molar-refractivity contribution is 9.10. The minimum absolute atomic E-state index is 0.912. The molecule has 88 valence electrons. The largest absolute Gasteiger partial charge is 0.497 e. The zero-order valence-corrected chi connectivity index (χ0v) is 11.4. The Bertz CT molecular complexity index is 477. The average Bonchev–Trinajstić information content (AvgIpc) is 2.38. The van der Waals surface area contributed by atoms with E-state index in [1.54, 1.807) is 7.11 Å². The lowest BCUT2D eigenvalue weighted by Crippen LogP contribution is -1.92. The molecule has 2 aromatic carbocycles. The lowest BCUT2D eigenvalue weighted by Gasteiger charge is -2.05. The van der Waals surface area contributed by atoms with Crippen molar-refractivity contribution in [1.29, 1.82) is 0 Å². The molecular formula is C15H15BrO. The van der Waals surface area contributed by atoms with Crippen LogP contribution in [0.2, 0.25) is 0 Å². The highest BCUT2D eigenvalue weighted by Crippen LogP contribution is 2.19. The Morgan fingerprint density at radius 2 is 1.65 bits per heavy atom. The average molecular weight is 291 g/mol. The summed E-state index contributed by atoms with van der Waals surface area (Å²) in [6, 6.07) is 16.6. The second-order valence-electron chi connectivity index (χ2n) is 3.94. The van der Waals surface area contributed by atoms with Gasteiger partial charge >= 0.3 is 0 Å². The van der Waals surface area contributed by atoms with E-state index in [9.17, 15) is 0 Å². The van der Waals surface area contributed by atoms with E-state index < -0.39 is 0 Å². The summed E-state index contributed by atoms with van der Waals surface area (Å²) in [5.41, 5.74) is 2.69. The molecule has 0 N–H and O–H groups in total. The van der Waals surface area contributed by atoms with Gasteiger partial charge in [-0.3, -0.25) is 0 Å². The third kappa shape index (κ3) is 3.34. The third-order valence-corrected chi connectivity index (χ3v) is 3.57. The first-order valence-electron chi connectivity index (χ1n) is 5.66. The van der Waals surface area contributed by atoms with E-state index in [0.717, 1.165) is 18.6 Å². The van der Waals surface area contributed by atoms with E-state index in [0.29, 0.717) is 0 Å². The molecule has 0 saturated carbocycles.